The minimum atomic E-state index is -2.69. The number of nitrogens with one attached hydrogen (secondary N) is 2. The molecule has 2 N–H and O–H groups in total. The van der Waals surface area contributed by atoms with Gasteiger partial charge in [-0.1, -0.05) is 0 Å². The Labute approximate surface area is 72.6 Å². The van der Waals surface area contributed by atoms with E-state index in [2.05, 4.69) is 20.9 Å². The summed E-state index contributed by atoms with van der Waals surface area (Å²) in [7, 11) is 0. The first kappa shape index (κ1) is 2.10. The molecule has 3 heteroatoms. The van der Waals surface area contributed by atoms with Crippen molar-refractivity contribution in [2.45, 2.75) is 6.50 Å². The average Bonchev–Trinajstić information content (AvgIpc) is 2.20. The first-order valence-corrected chi connectivity index (χ1v) is 2.98. The van der Waals surface area contributed by atoms with Crippen LogP contribution in [0.4, 0.5) is 0 Å². The molecule has 0 aromatic carbocycles. The molecule has 1 aromatic rings. The molecule has 2 nitrogen and oxygen atoms in total. The number of hydrogen-bond acceptors (Lipinski definition) is 1. The van der Waals surface area contributed by atoms with Crippen LogP contribution in [0.25, 0.3) is 0 Å². The molecule has 0 saturated heterocycles. The van der Waals surface area contributed by atoms with Gasteiger partial charge in [-0.3, -0.25) is 0 Å². The first-order valence-electron chi connectivity index (χ1n) is 5.69. The van der Waals surface area contributed by atoms with Crippen LogP contribution in [-0.4, -0.2) is 12.0 Å². The van der Waals surface area contributed by atoms with E-state index >= 15 is 0 Å². The van der Waals surface area contributed by atoms with Gasteiger partial charge in [0.15, 0.2) is 0 Å². The summed E-state index contributed by atoms with van der Waals surface area (Å²) in [5.74, 6) is 0. The molecule has 0 aliphatic rings. The molecule has 0 unspecified atom stereocenters. The highest BCUT2D eigenvalue weighted by Gasteiger charge is 1.91. The summed E-state index contributed by atoms with van der Waals surface area (Å²) in [6.07, 6.45) is -0.335. The van der Waals surface area contributed by atoms with E-state index in [9.17, 15) is 0 Å². The summed E-state index contributed by atoms with van der Waals surface area (Å²) < 4.78 is 50.9. The van der Waals surface area contributed by atoms with Crippen molar-refractivity contribution in [3.05, 3.63) is 22.4 Å². The van der Waals surface area contributed by atoms with Crippen LogP contribution < -0.4 is 5.32 Å². The molecule has 0 atom stereocenters. The highest BCUT2D eigenvalue weighted by molar-refractivity contribution is 9.10. The van der Waals surface area contributed by atoms with Crippen LogP contribution in [0.5, 0.6) is 0 Å². The van der Waals surface area contributed by atoms with Crippen LogP contribution in [0.15, 0.2) is 16.8 Å². The monoisotopic (exact) mass is 195 g/mol. The molecule has 9 heavy (non-hydrogen) atoms. The van der Waals surface area contributed by atoms with Gasteiger partial charge in [0.2, 0.25) is 0 Å². The van der Waals surface area contributed by atoms with Crippen molar-refractivity contribution in [1.29, 1.82) is 0 Å². The Bertz CT molecular complexity index is 396. The van der Waals surface area contributed by atoms with Gasteiger partial charge in [-0.15, -0.1) is 0 Å². The van der Waals surface area contributed by atoms with Gasteiger partial charge >= 0.3 is 0 Å². The van der Waals surface area contributed by atoms with Crippen LogP contribution in [-0.2, 0) is 6.50 Å². The molecule has 0 radical (unpaired) electrons. The number of hydrogen-bond donors (Lipinski definition) is 2. The quantitative estimate of drug-likeness (QED) is 0.736. The van der Waals surface area contributed by atoms with Crippen LogP contribution in [0.1, 0.15) is 15.2 Å². The Kier molecular flexibility index (Phi) is 0.709. The maximum atomic E-state index is 7.53. The molecule has 1 rings (SSSR count). The second-order valence-corrected chi connectivity index (χ2v) is 2.11. The highest BCUT2D eigenvalue weighted by atomic mass is 79.9. The topological polar surface area (TPSA) is 27.8 Å². The lowest BCUT2D eigenvalue weighted by atomic mass is 10.3. The van der Waals surface area contributed by atoms with E-state index in [4.69, 9.17) is 9.60 Å². The van der Waals surface area contributed by atoms with E-state index < -0.39 is 13.5 Å². The maximum absolute atomic E-state index is 7.53. The largest absolute Gasteiger partial charge is 0.356 e. The summed E-state index contributed by atoms with van der Waals surface area (Å²) in [4.78, 5) is 2.40. The lowest BCUT2D eigenvalue weighted by Gasteiger charge is -1.89. The normalized spacial score (nSPS) is 24.3. The second-order valence-electron chi connectivity index (χ2n) is 1.31. The van der Waals surface area contributed by atoms with Crippen LogP contribution in [0.3, 0.4) is 0 Å². The summed E-state index contributed by atoms with van der Waals surface area (Å²) in [6.45, 7) is -5.16. The minimum absolute atomic E-state index is 0.142. The Balaban J connectivity index is 3.16. The van der Waals surface area contributed by atoms with Gasteiger partial charge in [-0.25, -0.2) is 0 Å². The van der Waals surface area contributed by atoms with Crippen LogP contribution in [0.2, 0.25) is 0 Å². The Hall–Kier alpha value is -0.280. The average molecular weight is 196 g/mol. The summed E-state index contributed by atoms with van der Waals surface area (Å²) in [6, 6.07) is -0.272. The van der Waals surface area contributed by atoms with Gasteiger partial charge in [-0.2, -0.15) is 0 Å². The SMILES string of the molecule is [2H]c1[nH]c(Br)c([2H])c1C([2H])([2H])NC([2H])([2H])[2H]. The third-order valence-corrected chi connectivity index (χ3v) is 1.12. The number of halogens is 1. The van der Waals surface area contributed by atoms with Crippen molar-refractivity contribution in [1.82, 2.24) is 10.3 Å². The van der Waals surface area contributed by atoms with Crippen molar-refractivity contribution in [3.8, 4) is 0 Å². The summed E-state index contributed by atoms with van der Waals surface area (Å²) in [5, 5.41) is 1.76. The first-order chi connectivity index (χ1) is 7.04. The molecular weight excluding hydrogens is 180 g/mol. The van der Waals surface area contributed by atoms with Crippen molar-refractivity contribution < 1.29 is 9.60 Å². The van der Waals surface area contributed by atoms with Crippen molar-refractivity contribution in [3.63, 3.8) is 0 Å². The van der Waals surface area contributed by atoms with Gasteiger partial charge in [0.25, 0.3) is 0 Å². The fourth-order valence-corrected chi connectivity index (χ4v) is 0.712. The zero-order valence-electron chi connectivity index (χ0n) is 11.4. The van der Waals surface area contributed by atoms with Gasteiger partial charge in [0.05, 0.1) is 7.34 Å². The second kappa shape index (κ2) is 3.03. The van der Waals surface area contributed by atoms with Crippen molar-refractivity contribution in [2.24, 2.45) is 0 Å². The molecule has 1 aromatic heterocycles. The number of rotatable bonds is 2. The molecule has 0 saturated carbocycles. The number of H-pyrrole nitrogens is 1. The predicted octanol–water partition coefficient (Wildman–Crippen LogP) is 1.50. The Morgan fingerprint density at radius 2 is 3.11 bits per heavy atom. The third-order valence-electron chi connectivity index (χ3n) is 0.719. The van der Waals surface area contributed by atoms with E-state index in [0.717, 1.165) is 0 Å². The lowest BCUT2D eigenvalue weighted by Crippen LogP contribution is -2.03. The van der Waals surface area contributed by atoms with Gasteiger partial charge in [-0.05, 0) is 34.5 Å². The number of aromatic amines is 1. The van der Waals surface area contributed by atoms with E-state index in [1.54, 1.807) is 5.32 Å². The third kappa shape index (κ3) is 1.84. The van der Waals surface area contributed by atoms with E-state index in [1.807, 2.05) is 0 Å². The molecule has 1 heterocycles. The maximum Gasteiger partial charge on any atom is 0.0823 e. The fourth-order valence-electron chi connectivity index (χ4n) is 0.415. The van der Waals surface area contributed by atoms with Gasteiger partial charge in [0, 0.05) is 19.5 Å². The van der Waals surface area contributed by atoms with Gasteiger partial charge < -0.3 is 10.3 Å². The smallest absolute Gasteiger partial charge is 0.0823 e. The summed E-state index contributed by atoms with van der Waals surface area (Å²) >= 11 is 2.94. The van der Waals surface area contributed by atoms with Crippen molar-refractivity contribution >= 4 is 15.9 Å². The van der Waals surface area contributed by atoms with Crippen LogP contribution >= 0.6 is 15.9 Å². The predicted molar refractivity (Wildman–Crippen MR) is 41.3 cm³/mol. The zero-order valence-corrected chi connectivity index (χ0v) is 5.96. The molecule has 50 valence electrons. The zero-order chi connectivity index (χ0) is 12.7. The molecule has 0 fully saturated rings. The molecule has 0 aliphatic heterocycles. The Morgan fingerprint density at radius 3 is 3.67 bits per heavy atom. The minimum Gasteiger partial charge on any atom is -0.356 e. The van der Waals surface area contributed by atoms with E-state index in [0.29, 0.717) is 0 Å². The standard InChI is InChI=1S/C6H9BrN2/c1-8-3-5-2-6(7)9-4-5/h2,4,8-9H,3H2,1H3/i1D3,2D,3D2,4D. The van der Waals surface area contributed by atoms with E-state index in [-0.39, 0.29) is 22.4 Å². The van der Waals surface area contributed by atoms with Crippen molar-refractivity contribution in [2.75, 3.05) is 6.98 Å². The van der Waals surface area contributed by atoms with E-state index in [1.165, 1.54) is 0 Å². The van der Waals surface area contributed by atoms with Crippen LogP contribution in [0, 0.1) is 0 Å². The molecule has 0 spiro atoms. The molecule has 0 amide bonds. The fraction of sp³-hybridized carbons (Fsp3) is 0.333. The number of aromatic nitrogens is 1. The molecular formula is C6H9BrN2. The highest BCUT2D eigenvalue weighted by Crippen LogP contribution is 2.08. The lowest BCUT2D eigenvalue weighted by molar-refractivity contribution is 0.819. The van der Waals surface area contributed by atoms with Gasteiger partial charge in [0.1, 0.15) is 0 Å². The molecule has 0 bridgehead atoms. The summed E-state index contributed by atoms with van der Waals surface area (Å²) in [5.41, 5.74) is -0.337. The Morgan fingerprint density at radius 1 is 2.22 bits per heavy atom. The molecule has 0 aliphatic carbocycles.